The largest absolute Gasteiger partial charge is 0.325 e. The van der Waals surface area contributed by atoms with Gasteiger partial charge >= 0.3 is 0 Å². The maximum absolute atomic E-state index is 12.8. The van der Waals surface area contributed by atoms with Gasteiger partial charge in [-0.15, -0.1) is 0 Å². The molecule has 2 amide bonds. The van der Waals surface area contributed by atoms with Crippen molar-refractivity contribution in [2.45, 2.75) is 18.9 Å². The van der Waals surface area contributed by atoms with E-state index < -0.39 is 0 Å². The molecule has 0 aliphatic carbocycles. The van der Waals surface area contributed by atoms with Gasteiger partial charge in [0.1, 0.15) is 0 Å². The van der Waals surface area contributed by atoms with Gasteiger partial charge in [0.25, 0.3) is 0 Å². The highest BCUT2D eigenvalue weighted by molar-refractivity contribution is 6.34. The third-order valence-corrected chi connectivity index (χ3v) is 5.34. The molecule has 1 atom stereocenters. The van der Waals surface area contributed by atoms with E-state index in [2.05, 4.69) is 5.32 Å². The number of benzene rings is 2. The monoisotopic (exact) mass is 405 g/mol. The quantitative estimate of drug-likeness (QED) is 0.787. The molecule has 0 radical (unpaired) electrons. The average molecular weight is 406 g/mol. The van der Waals surface area contributed by atoms with Crippen molar-refractivity contribution < 1.29 is 9.59 Å². The first-order chi connectivity index (χ1) is 13.0. The first-order valence-corrected chi connectivity index (χ1v) is 9.53. The van der Waals surface area contributed by atoms with Crippen molar-refractivity contribution in [1.82, 2.24) is 4.90 Å². The highest BCUT2D eigenvalue weighted by Gasteiger charge is 2.35. The number of rotatable bonds is 6. The van der Waals surface area contributed by atoms with Crippen molar-refractivity contribution in [3.05, 3.63) is 58.6 Å². The number of nitrogens with zero attached hydrogens (tertiary/aromatic N) is 2. The molecule has 3 rings (SSSR count). The molecular weight excluding hydrogens is 385 g/mol. The lowest BCUT2D eigenvalue weighted by atomic mass is 10.2. The Morgan fingerprint density at radius 3 is 2.52 bits per heavy atom. The summed E-state index contributed by atoms with van der Waals surface area (Å²) in [6, 6.07) is 14.2. The molecule has 2 aromatic rings. The smallest absolute Gasteiger partial charge is 0.244 e. The lowest BCUT2D eigenvalue weighted by Gasteiger charge is -2.24. The molecule has 0 aromatic heterocycles. The van der Waals surface area contributed by atoms with E-state index in [1.54, 1.807) is 23.1 Å². The number of carbonyl (C=O) groups excluding carboxylic acids is 2. The average Bonchev–Trinajstić information content (AvgIpc) is 3.03. The predicted octanol–water partition coefficient (Wildman–Crippen LogP) is 4.06. The molecule has 1 heterocycles. The Morgan fingerprint density at radius 2 is 1.81 bits per heavy atom. The van der Waals surface area contributed by atoms with E-state index in [1.165, 1.54) is 0 Å². The Balaban J connectivity index is 1.55. The van der Waals surface area contributed by atoms with Gasteiger partial charge < -0.3 is 10.2 Å². The number of carbonyl (C=O) groups is 2. The number of anilines is 2. The van der Waals surface area contributed by atoms with E-state index in [0.29, 0.717) is 35.2 Å². The topological polar surface area (TPSA) is 52.7 Å². The molecular formula is C20H21Cl2N3O2. The van der Waals surface area contributed by atoms with Crippen molar-refractivity contribution in [3.63, 3.8) is 0 Å². The number of para-hydroxylation sites is 2. The standard InChI is InChI=1S/C20H21Cl2N3O2/c1-24(12-11-19(26)23-16-8-4-2-6-14(16)21)18-10-13-25(20(18)27)17-9-5-3-7-15(17)22/h2-9,18H,10-13H2,1H3,(H,23,26). The van der Waals surface area contributed by atoms with Crippen LogP contribution in [0.2, 0.25) is 10.0 Å². The van der Waals surface area contributed by atoms with Gasteiger partial charge in [-0.1, -0.05) is 47.5 Å². The second-order valence-electron chi connectivity index (χ2n) is 6.50. The summed E-state index contributed by atoms with van der Waals surface area (Å²) in [4.78, 5) is 28.6. The van der Waals surface area contributed by atoms with Gasteiger partial charge in [0.2, 0.25) is 11.8 Å². The predicted molar refractivity (Wildman–Crippen MR) is 110 cm³/mol. The molecule has 0 saturated carbocycles. The number of hydrogen-bond donors (Lipinski definition) is 1. The number of likely N-dealkylation sites (N-methyl/N-ethyl adjacent to an activating group) is 1. The Labute approximate surface area is 168 Å². The minimum absolute atomic E-state index is 0.0112. The molecule has 1 fully saturated rings. The number of halogens is 2. The molecule has 5 nitrogen and oxygen atoms in total. The fourth-order valence-corrected chi connectivity index (χ4v) is 3.61. The summed E-state index contributed by atoms with van der Waals surface area (Å²) >= 11 is 12.3. The lowest BCUT2D eigenvalue weighted by Crippen LogP contribution is -2.41. The SMILES string of the molecule is CN(CCC(=O)Nc1ccccc1Cl)C1CCN(c2ccccc2Cl)C1=O. The summed E-state index contributed by atoms with van der Waals surface area (Å²) < 4.78 is 0. The van der Waals surface area contributed by atoms with Crippen molar-refractivity contribution in [3.8, 4) is 0 Å². The molecule has 1 unspecified atom stereocenters. The molecule has 142 valence electrons. The molecule has 1 aliphatic rings. The Bertz CT molecular complexity index is 843. The Kier molecular flexibility index (Phi) is 6.37. The number of amides is 2. The van der Waals surface area contributed by atoms with Crippen molar-refractivity contribution in [1.29, 1.82) is 0 Å². The van der Waals surface area contributed by atoms with Crippen molar-refractivity contribution in [2.24, 2.45) is 0 Å². The van der Waals surface area contributed by atoms with Crippen LogP contribution in [0.3, 0.4) is 0 Å². The van der Waals surface area contributed by atoms with E-state index in [-0.39, 0.29) is 24.3 Å². The van der Waals surface area contributed by atoms with Gasteiger partial charge in [-0.05, 0) is 37.7 Å². The van der Waals surface area contributed by atoms with Crippen LogP contribution in [0.1, 0.15) is 12.8 Å². The lowest BCUT2D eigenvalue weighted by molar-refractivity contribution is -0.122. The zero-order valence-corrected chi connectivity index (χ0v) is 16.5. The molecule has 0 bridgehead atoms. The first kappa shape index (κ1) is 19.7. The van der Waals surface area contributed by atoms with Gasteiger partial charge in [0.05, 0.1) is 27.5 Å². The maximum atomic E-state index is 12.8. The summed E-state index contributed by atoms with van der Waals surface area (Å²) in [5.74, 6) is -0.125. The molecule has 1 saturated heterocycles. The third-order valence-electron chi connectivity index (χ3n) is 4.69. The normalized spacial score (nSPS) is 16.8. The van der Waals surface area contributed by atoms with E-state index in [4.69, 9.17) is 23.2 Å². The second kappa shape index (κ2) is 8.74. The third kappa shape index (κ3) is 4.61. The molecule has 0 spiro atoms. The molecule has 2 aromatic carbocycles. The Hall–Kier alpha value is -2.08. The second-order valence-corrected chi connectivity index (χ2v) is 7.32. The fraction of sp³-hybridized carbons (Fsp3) is 0.300. The first-order valence-electron chi connectivity index (χ1n) is 8.78. The summed E-state index contributed by atoms with van der Waals surface area (Å²) in [5.41, 5.74) is 1.32. The van der Waals surface area contributed by atoms with Gasteiger partial charge in [-0.2, -0.15) is 0 Å². The molecule has 7 heteroatoms. The van der Waals surface area contributed by atoms with Crippen LogP contribution < -0.4 is 10.2 Å². The van der Waals surface area contributed by atoms with Crippen LogP contribution in [0.15, 0.2) is 48.5 Å². The van der Waals surface area contributed by atoms with Crippen LogP contribution in [-0.4, -0.2) is 42.9 Å². The van der Waals surface area contributed by atoms with Crippen LogP contribution in [0.5, 0.6) is 0 Å². The van der Waals surface area contributed by atoms with Crippen molar-refractivity contribution >= 4 is 46.4 Å². The van der Waals surface area contributed by atoms with Gasteiger partial charge in [-0.25, -0.2) is 0 Å². The van der Waals surface area contributed by atoms with Gasteiger partial charge in [0, 0.05) is 19.5 Å². The van der Waals surface area contributed by atoms with E-state index >= 15 is 0 Å². The highest BCUT2D eigenvalue weighted by Crippen LogP contribution is 2.30. The zero-order chi connectivity index (χ0) is 19.4. The van der Waals surface area contributed by atoms with E-state index in [1.807, 2.05) is 42.3 Å². The molecule has 27 heavy (non-hydrogen) atoms. The van der Waals surface area contributed by atoms with Crippen LogP contribution >= 0.6 is 23.2 Å². The molecule has 1 N–H and O–H groups in total. The zero-order valence-electron chi connectivity index (χ0n) is 15.0. The minimum atomic E-state index is -0.255. The van der Waals surface area contributed by atoms with Crippen LogP contribution in [0, 0.1) is 0 Å². The fourth-order valence-electron chi connectivity index (χ4n) is 3.19. The van der Waals surface area contributed by atoms with E-state index in [0.717, 1.165) is 5.69 Å². The van der Waals surface area contributed by atoms with Crippen LogP contribution in [-0.2, 0) is 9.59 Å². The van der Waals surface area contributed by atoms with Gasteiger partial charge in [-0.3, -0.25) is 14.5 Å². The van der Waals surface area contributed by atoms with E-state index in [9.17, 15) is 9.59 Å². The summed E-state index contributed by atoms with van der Waals surface area (Å²) in [5, 5.41) is 3.86. The summed E-state index contributed by atoms with van der Waals surface area (Å²) in [6.07, 6.45) is 0.976. The summed E-state index contributed by atoms with van der Waals surface area (Å²) in [6.45, 7) is 1.09. The minimum Gasteiger partial charge on any atom is -0.325 e. The summed E-state index contributed by atoms with van der Waals surface area (Å²) in [7, 11) is 1.86. The highest BCUT2D eigenvalue weighted by atomic mass is 35.5. The van der Waals surface area contributed by atoms with Gasteiger partial charge in [0.15, 0.2) is 0 Å². The number of nitrogens with one attached hydrogen (secondary N) is 1. The van der Waals surface area contributed by atoms with Crippen LogP contribution in [0.25, 0.3) is 0 Å². The Morgan fingerprint density at radius 1 is 1.15 bits per heavy atom. The molecule has 1 aliphatic heterocycles. The van der Waals surface area contributed by atoms with Crippen molar-refractivity contribution in [2.75, 3.05) is 30.4 Å². The van der Waals surface area contributed by atoms with Crippen LogP contribution in [0.4, 0.5) is 11.4 Å². The number of hydrogen-bond acceptors (Lipinski definition) is 3. The maximum Gasteiger partial charge on any atom is 0.244 e.